The van der Waals surface area contributed by atoms with Gasteiger partial charge in [0, 0.05) is 5.69 Å². The van der Waals surface area contributed by atoms with Crippen molar-refractivity contribution in [1.82, 2.24) is 0 Å². The lowest BCUT2D eigenvalue weighted by molar-refractivity contribution is 0.242. The van der Waals surface area contributed by atoms with Crippen LogP contribution in [0.2, 0.25) is 0 Å². The van der Waals surface area contributed by atoms with Gasteiger partial charge in [-0.2, -0.15) is 0 Å². The summed E-state index contributed by atoms with van der Waals surface area (Å²) in [5.74, 6) is 0.944. The van der Waals surface area contributed by atoms with Gasteiger partial charge in [0.05, 0.1) is 12.1 Å². The van der Waals surface area contributed by atoms with Gasteiger partial charge in [0.25, 0.3) is 0 Å². The Kier molecular flexibility index (Phi) is 3.64. The SMILES string of the molecule is CC(C)Oc1ccc(C2CCc3ccccc3N2)cc1. The molecule has 2 aromatic carbocycles. The standard InChI is InChI=1S/C18H21NO/c1-13(2)20-16-10-7-15(8-11-16)18-12-9-14-5-3-4-6-17(14)19-18/h3-8,10-11,13,18-19H,9,12H2,1-2H3. The van der Waals surface area contributed by atoms with Crippen LogP contribution in [0.4, 0.5) is 5.69 Å². The molecule has 2 aromatic rings. The van der Waals surface area contributed by atoms with Crippen LogP contribution in [0, 0.1) is 0 Å². The molecule has 0 bridgehead atoms. The number of anilines is 1. The monoisotopic (exact) mass is 267 g/mol. The first kappa shape index (κ1) is 13.0. The molecule has 1 atom stereocenters. The Morgan fingerprint density at radius 3 is 2.55 bits per heavy atom. The normalized spacial score (nSPS) is 17.4. The Labute approximate surface area is 120 Å². The van der Waals surface area contributed by atoms with Gasteiger partial charge in [0.15, 0.2) is 0 Å². The van der Waals surface area contributed by atoms with Crippen LogP contribution in [0.3, 0.4) is 0 Å². The van der Waals surface area contributed by atoms with Crippen molar-refractivity contribution in [2.24, 2.45) is 0 Å². The van der Waals surface area contributed by atoms with Crippen molar-refractivity contribution in [3.63, 3.8) is 0 Å². The lowest BCUT2D eigenvalue weighted by Gasteiger charge is -2.27. The number of hydrogen-bond acceptors (Lipinski definition) is 2. The molecule has 0 radical (unpaired) electrons. The quantitative estimate of drug-likeness (QED) is 0.879. The van der Waals surface area contributed by atoms with Gasteiger partial charge in [-0.15, -0.1) is 0 Å². The van der Waals surface area contributed by atoms with Crippen molar-refractivity contribution in [2.45, 2.75) is 38.8 Å². The third-order valence-corrected chi connectivity index (χ3v) is 3.70. The van der Waals surface area contributed by atoms with Crippen LogP contribution >= 0.6 is 0 Å². The number of benzene rings is 2. The minimum Gasteiger partial charge on any atom is -0.491 e. The molecule has 1 unspecified atom stereocenters. The molecule has 0 amide bonds. The van der Waals surface area contributed by atoms with E-state index in [1.54, 1.807) is 0 Å². The van der Waals surface area contributed by atoms with Crippen LogP contribution in [0.1, 0.15) is 37.4 Å². The van der Waals surface area contributed by atoms with Crippen molar-refractivity contribution < 1.29 is 4.74 Å². The summed E-state index contributed by atoms with van der Waals surface area (Å²) in [7, 11) is 0. The van der Waals surface area contributed by atoms with Crippen molar-refractivity contribution in [3.8, 4) is 5.75 Å². The third kappa shape index (κ3) is 2.79. The molecular weight excluding hydrogens is 246 g/mol. The molecule has 0 saturated carbocycles. The van der Waals surface area contributed by atoms with E-state index in [0.717, 1.165) is 18.6 Å². The summed E-state index contributed by atoms with van der Waals surface area (Å²) in [6.07, 6.45) is 2.50. The maximum absolute atomic E-state index is 5.69. The van der Waals surface area contributed by atoms with E-state index in [4.69, 9.17) is 4.74 Å². The van der Waals surface area contributed by atoms with Gasteiger partial charge in [0.1, 0.15) is 5.75 Å². The lowest BCUT2D eigenvalue weighted by atomic mass is 9.93. The smallest absolute Gasteiger partial charge is 0.119 e. The number of aryl methyl sites for hydroxylation is 1. The predicted octanol–water partition coefficient (Wildman–Crippen LogP) is 4.57. The number of nitrogens with one attached hydrogen (secondary N) is 1. The zero-order valence-electron chi connectivity index (χ0n) is 12.1. The Morgan fingerprint density at radius 1 is 1.05 bits per heavy atom. The van der Waals surface area contributed by atoms with Crippen molar-refractivity contribution in [1.29, 1.82) is 0 Å². The molecule has 1 heterocycles. The van der Waals surface area contributed by atoms with Gasteiger partial charge < -0.3 is 10.1 Å². The highest BCUT2D eigenvalue weighted by atomic mass is 16.5. The fourth-order valence-electron chi connectivity index (χ4n) is 2.74. The van der Waals surface area contributed by atoms with Crippen LogP contribution < -0.4 is 10.1 Å². The number of para-hydroxylation sites is 1. The van der Waals surface area contributed by atoms with E-state index >= 15 is 0 Å². The molecule has 20 heavy (non-hydrogen) atoms. The first-order valence-corrected chi connectivity index (χ1v) is 7.33. The predicted molar refractivity (Wildman–Crippen MR) is 83.3 cm³/mol. The van der Waals surface area contributed by atoms with E-state index in [9.17, 15) is 0 Å². The molecule has 2 nitrogen and oxygen atoms in total. The molecular formula is C18H21NO. The van der Waals surface area contributed by atoms with E-state index < -0.39 is 0 Å². The summed E-state index contributed by atoms with van der Waals surface area (Å²) in [5, 5.41) is 3.63. The molecule has 0 fully saturated rings. The summed E-state index contributed by atoms with van der Waals surface area (Å²) >= 11 is 0. The van der Waals surface area contributed by atoms with E-state index in [2.05, 4.69) is 53.8 Å². The highest BCUT2D eigenvalue weighted by Crippen LogP contribution is 2.32. The van der Waals surface area contributed by atoms with Gasteiger partial charge in [-0.25, -0.2) is 0 Å². The first-order valence-electron chi connectivity index (χ1n) is 7.33. The maximum atomic E-state index is 5.69. The molecule has 1 aliphatic rings. The second-order valence-electron chi connectivity index (χ2n) is 5.63. The highest BCUT2D eigenvalue weighted by Gasteiger charge is 2.18. The Hall–Kier alpha value is -1.96. The molecule has 104 valence electrons. The van der Waals surface area contributed by atoms with E-state index in [-0.39, 0.29) is 6.10 Å². The van der Waals surface area contributed by atoms with Gasteiger partial charge in [0.2, 0.25) is 0 Å². The first-order chi connectivity index (χ1) is 9.72. The average Bonchev–Trinajstić information content (AvgIpc) is 2.47. The molecule has 1 aliphatic heterocycles. The summed E-state index contributed by atoms with van der Waals surface area (Å²) in [4.78, 5) is 0. The van der Waals surface area contributed by atoms with Crippen LogP contribution in [0.15, 0.2) is 48.5 Å². The third-order valence-electron chi connectivity index (χ3n) is 3.70. The Balaban J connectivity index is 1.74. The molecule has 0 spiro atoms. The summed E-state index contributed by atoms with van der Waals surface area (Å²) < 4.78 is 5.69. The topological polar surface area (TPSA) is 21.3 Å². The maximum Gasteiger partial charge on any atom is 0.119 e. The minimum atomic E-state index is 0.223. The van der Waals surface area contributed by atoms with Gasteiger partial charge in [-0.1, -0.05) is 30.3 Å². The number of fused-ring (bicyclic) bond motifs is 1. The Morgan fingerprint density at radius 2 is 1.80 bits per heavy atom. The zero-order chi connectivity index (χ0) is 13.9. The zero-order valence-corrected chi connectivity index (χ0v) is 12.1. The van der Waals surface area contributed by atoms with Crippen molar-refractivity contribution in [2.75, 3.05) is 5.32 Å². The largest absolute Gasteiger partial charge is 0.491 e. The summed E-state index contributed by atoms with van der Waals surface area (Å²) in [6.45, 7) is 4.10. The fourth-order valence-corrected chi connectivity index (χ4v) is 2.74. The molecule has 3 rings (SSSR count). The van der Waals surface area contributed by atoms with Crippen LogP contribution in [0.5, 0.6) is 5.75 Å². The van der Waals surface area contributed by atoms with Gasteiger partial charge >= 0.3 is 0 Å². The number of hydrogen-bond donors (Lipinski definition) is 1. The van der Waals surface area contributed by atoms with E-state index in [1.807, 2.05) is 13.8 Å². The van der Waals surface area contributed by atoms with Crippen LogP contribution in [0.25, 0.3) is 0 Å². The van der Waals surface area contributed by atoms with Crippen LogP contribution in [-0.2, 0) is 6.42 Å². The number of rotatable bonds is 3. The van der Waals surface area contributed by atoms with Crippen LogP contribution in [-0.4, -0.2) is 6.10 Å². The lowest BCUT2D eigenvalue weighted by Crippen LogP contribution is -2.17. The summed E-state index contributed by atoms with van der Waals surface area (Å²) in [6, 6.07) is 17.4. The fraction of sp³-hybridized carbons (Fsp3) is 0.333. The summed E-state index contributed by atoms with van der Waals surface area (Å²) in [5.41, 5.74) is 4.02. The molecule has 2 heteroatoms. The van der Waals surface area contributed by atoms with Gasteiger partial charge in [-0.3, -0.25) is 0 Å². The van der Waals surface area contributed by atoms with Gasteiger partial charge in [-0.05, 0) is 56.0 Å². The molecule has 0 aliphatic carbocycles. The second kappa shape index (κ2) is 5.58. The molecule has 0 aromatic heterocycles. The Bertz CT molecular complexity index is 574. The van der Waals surface area contributed by atoms with Crippen molar-refractivity contribution in [3.05, 3.63) is 59.7 Å². The number of ether oxygens (including phenoxy) is 1. The second-order valence-corrected chi connectivity index (χ2v) is 5.63. The van der Waals surface area contributed by atoms with Crippen molar-refractivity contribution >= 4 is 5.69 Å². The van der Waals surface area contributed by atoms with E-state index in [0.29, 0.717) is 6.04 Å². The minimum absolute atomic E-state index is 0.223. The van der Waals surface area contributed by atoms with E-state index in [1.165, 1.54) is 16.8 Å². The molecule has 0 saturated heterocycles. The highest BCUT2D eigenvalue weighted by molar-refractivity contribution is 5.55. The molecule has 1 N–H and O–H groups in total. The average molecular weight is 267 g/mol.